The zero-order valence-corrected chi connectivity index (χ0v) is 14.1. The van der Waals surface area contributed by atoms with Crippen LogP contribution < -0.4 is 5.32 Å². The highest BCUT2D eigenvalue weighted by molar-refractivity contribution is 6.06. The molecular weight excluding hydrogens is 314 g/mol. The fourth-order valence-corrected chi connectivity index (χ4v) is 2.29. The number of hydrogen-bond acceptors (Lipinski definition) is 4. The lowest BCUT2D eigenvalue weighted by atomic mass is 10.2. The number of aryl methyl sites for hydroxylation is 1. The molecule has 128 valence electrons. The highest BCUT2D eigenvalue weighted by Gasteiger charge is 2.12. The van der Waals surface area contributed by atoms with E-state index >= 15 is 0 Å². The first-order valence-corrected chi connectivity index (χ1v) is 8.01. The molecule has 0 aromatic heterocycles. The van der Waals surface area contributed by atoms with E-state index in [-0.39, 0.29) is 12.2 Å². The SMILES string of the molecule is Cc1ccc(NC(=O)/C(C#N)=C\N(CCO)Cc2ccccc2)cc1. The second-order valence-electron chi connectivity index (χ2n) is 5.65. The summed E-state index contributed by atoms with van der Waals surface area (Å²) >= 11 is 0. The van der Waals surface area contributed by atoms with Crippen LogP contribution in [-0.2, 0) is 11.3 Å². The maximum Gasteiger partial charge on any atom is 0.267 e. The van der Waals surface area contributed by atoms with Crippen LogP contribution in [0.5, 0.6) is 0 Å². The Morgan fingerprint density at radius 1 is 1.20 bits per heavy atom. The van der Waals surface area contributed by atoms with Crippen molar-refractivity contribution in [3.05, 3.63) is 77.5 Å². The summed E-state index contributed by atoms with van der Waals surface area (Å²) < 4.78 is 0. The molecule has 2 aromatic rings. The standard InChI is InChI=1S/C20H21N3O2/c1-16-7-9-19(10-8-16)22-20(25)18(13-21)15-23(11-12-24)14-17-5-3-2-4-6-17/h2-10,15,24H,11-12,14H2,1H3,(H,22,25)/b18-15-. The van der Waals surface area contributed by atoms with Gasteiger partial charge in [-0.05, 0) is 24.6 Å². The zero-order chi connectivity index (χ0) is 18.1. The van der Waals surface area contributed by atoms with E-state index in [1.54, 1.807) is 17.0 Å². The van der Waals surface area contributed by atoms with E-state index in [1.807, 2.05) is 55.5 Å². The molecule has 0 aliphatic heterocycles. The summed E-state index contributed by atoms with van der Waals surface area (Å²) in [4.78, 5) is 14.1. The molecule has 0 fully saturated rings. The van der Waals surface area contributed by atoms with Gasteiger partial charge in [-0.1, -0.05) is 48.0 Å². The predicted octanol–water partition coefficient (Wildman–Crippen LogP) is 2.84. The molecule has 0 saturated carbocycles. The van der Waals surface area contributed by atoms with Crippen molar-refractivity contribution < 1.29 is 9.90 Å². The Balaban J connectivity index is 2.12. The lowest BCUT2D eigenvalue weighted by molar-refractivity contribution is -0.112. The molecule has 1 amide bonds. The first kappa shape index (κ1) is 18.2. The van der Waals surface area contributed by atoms with Gasteiger partial charge < -0.3 is 15.3 Å². The molecule has 5 nitrogen and oxygen atoms in total. The molecule has 0 heterocycles. The maximum atomic E-state index is 12.3. The van der Waals surface area contributed by atoms with Crippen molar-refractivity contribution in [1.29, 1.82) is 5.26 Å². The van der Waals surface area contributed by atoms with Crippen LogP contribution in [-0.4, -0.2) is 29.1 Å². The Kier molecular flexibility index (Phi) is 6.76. The Hall–Kier alpha value is -3.10. The van der Waals surface area contributed by atoms with Gasteiger partial charge in [-0.25, -0.2) is 0 Å². The van der Waals surface area contributed by atoms with Gasteiger partial charge in [0.2, 0.25) is 0 Å². The van der Waals surface area contributed by atoms with Gasteiger partial charge in [0.15, 0.2) is 0 Å². The van der Waals surface area contributed by atoms with E-state index in [0.29, 0.717) is 18.8 Å². The largest absolute Gasteiger partial charge is 0.395 e. The van der Waals surface area contributed by atoms with Gasteiger partial charge in [-0.15, -0.1) is 0 Å². The third-order valence-corrected chi connectivity index (χ3v) is 3.60. The molecule has 0 unspecified atom stereocenters. The third-order valence-electron chi connectivity index (χ3n) is 3.60. The van der Waals surface area contributed by atoms with E-state index in [0.717, 1.165) is 11.1 Å². The van der Waals surface area contributed by atoms with Gasteiger partial charge in [0, 0.05) is 25.0 Å². The fourth-order valence-electron chi connectivity index (χ4n) is 2.29. The van der Waals surface area contributed by atoms with E-state index in [2.05, 4.69) is 5.32 Å². The monoisotopic (exact) mass is 335 g/mol. The Labute approximate surface area is 147 Å². The highest BCUT2D eigenvalue weighted by Crippen LogP contribution is 2.11. The first-order valence-electron chi connectivity index (χ1n) is 8.01. The molecule has 0 bridgehead atoms. The topological polar surface area (TPSA) is 76.4 Å². The van der Waals surface area contributed by atoms with Crippen molar-refractivity contribution in [3.63, 3.8) is 0 Å². The normalized spacial score (nSPS) is 10.8. The molecule has 2 aromatic carbocycles. The molecule has 0 aliphatic rings. The Morgan fingerprint density at radius 3 is 2.48 bits per heavy atom. The molecule has 0 radical (unpaired) electrons. The van der Waals surface area contributed by atoms with Crippen LogP contribution >= 0.6 is 0 Å². The van der Waals surface area contributed by atoms with Gasteiger partial charge >= 0.3 is 0 Å². The average molecular weight is 335 g/mol. The van der Waals surface area contributed by atoms with Gasteiger partial charge in [0.05, 0.1) is 6.61 Å². The number of hydrogen-bond donors (Lipinski definition) is 2. The second-order valence-corrected chi connectivity index (χ2v) is 5.65. The van der Waals surface area contributed by atoms with Crippen LogP contribution in [0.1, 0.15) is 11.1 Å². The summed E-state index contributed by atoms with van der Waals surface area (Å²) in [5.41, 5.74) is 2.74. The Bertz CT molecular complexity index is 762. The lowest BCUT2D eigenvalue weighted by Gasteiger charge is -2.20. The molecule has 2 rings (SSSR count). The molecular formula is C20H21N3O2. The van der Waals surface area contributed by atoms with Gasteiger partial charge in [-0.2, -0.15) is 5.26 Å². The smallest absolute Gasteiger partial charge is 0.267 e. The van der Waals surface area contributed by atoms with Crippen molar-refractivity contribution in [2.24, 2.45) is 0 Å². The number of amides is 1. The second kappa shape index (κ2) is 9.26. The maximum absolute atomic E-state index is 12.3. The van der Waals surface area contributed by atoms with Crippen LogP contribution in [0, 0.1) is 18.3 Å². The van der Waals surface area contributed by atoms with E-state index < -0.39 is 5.91 Å². The summed E-state index contributed by atoms with van der Waals surface area (Å²) in [6.45, 7) is 2.73. The highest BCUT2D eigenvalue weighted by atomic mass is 16.3. The summed E-state index contributed by atoms with van der Waals surface area (Å²) in [5, 5.41) is 21.3. The third kappa shape index (κ3) is 5.79. The number of carbonyl (C=O) groups excluding carboxylic acids is 1. The van der Waals surface area contributed by atoms with E-state index in [1.165, 1.54) is 6.20 Å². The van der Waals surface area contributed by atoms with Crippen molar-refractivity contribution in [3.8, 4) is 6.07 Å². The first-order chi connectivity index (χ1) is 12.1. The number of nitrogens with zero attached hydrogens (tertiary/aromatic N) is 2. The average Bonchev–Trinajstić information content (AvgIpc) is 2.62. The predicted molar refractivity (Wildman–Crippen MR) is 97.4 cm³/mol. The van der Waals surface area contributed by atoms with Crippen molar-refractivity contribution in [2.75, 3.05) is 18.5 Å². The molecule has 0 aliphatic carbocycles. The number of carbonyl (C=O) groups is 1. The van der Waals surface area contributed by atoms with Crippen molar-refractivity contribution in [2.45, 2.75) is 13.5 Å². The molecule has 0 spiro atoms. The van der Waals surface area contributed by atoms with Crippen LogP contribution in [0.2, 0.25) is 0 Å². The number of aliphatic hydroxyl groups excluding tert-OH is 1. The van der Waals surface area contributed by atoms with E-state index in [9.17, 15) is 15.2 Å². The quantitative estimate of drug-likeness (QED) is 0.602. The molecule has 5 heteroatoms. The van der Waals surface area contributed by atoms with Gasteiger partial charge in [0.1, 0.15) is 11.6 Å². The minimum Gasteiger partial charge on any atom is -0.395 e. The van der Waals surface area contributed by atoms with Crippen molar-refractivity contribution >= 4 is 11.6 Å². The Morgan fingerprint density at radius 2 is 1.88 bits per heavy atom. The summed E-state index contributed by atoms with van der Waals surface area (Å²) in [6.07, 6.45) is 1.49. The van der Waals surface area contributed by atoms with Gasteiger partial charge in [0.25, 0.3) is 5.91 Å². The molecule has 2 N–H and O–H groups in total. The van der Waals surface area contributed by atoms with Crippen LogP contribution in [0.15, 0.2) is 66.4 Å². The summed E-state index contributed by atoms with van der Waals surface area (Å²) in [7, 11) is 0. The fraction of sp³-hybridized carbons (Fsp3) is 0.200. The number of nitriles is 1. The minimum atomic E-state index is -0.470. The number of anilines is 1. The zero-order valence-electron chi connectivity index (χ0n) is 14.1. The minimum absolute atomic E-state index is 0.00930. The molecule has 0 atom stereocenters. The summed E-state index contributed by atoms with van der Waals surface area (Å²) in [5.74, 6) is -0.470. The number of aliphatic hydroxyl groups is 1. The number of benzene rings is 2. The number of rotatable bonds is 7. The van der Waals surface area contributed by atoms with Gasteiger partial charge in [-0.3, -0.25) is 4.79 Å². The molecule has 25 heavy (non-hydrogen) atoms. The molecule has 0 saturated heterocycles. The lowest BCUT2D eigenvalue weighted by Crippen LogP contribution is -2.23. The van der Waals surface area contributed by atoms with Crippen LogP contribution in [0.3, 0.4) is 0 Å². The van der Waals surface area contributed by atoms with Crippen LogP contribution in [0.25, 0.3) is 0 Å². The van der Waals surface area contributed by atoms with E-state index in [4.69, 9.17) is 0 Å². The van der Waals surface area contributed by atoms with Crippen LogP contribution in [0.4, 0.5) is 5.69 Å². The van der Waals surface area contributed by atoms with Crippen molar-refractivity contribution in [1.82, 2.24) is 4.90 Å². The summed E-state index contributed by atoms with van der Waals surface area (Å²) in [6, 6.07) is 19.0. The number of nitrogens with one attached hydrogen (secondary N) is 1.